The number of halogens is 5. The van der Waals surface area contributed by atoms with Crippen molar-refractivity contribution in [2.24, 2.45) is 0 Å². The van der Waals surface area contributed by atoms with Crippen molar-refractivity contribution < 1.29 is 18.3 Å². The van der Waals surface area contributed by atoms with Crippen molar-refractivity contribution >= 4 is 23.2 Å². The van der Waals surface area contributed by atoms with E-state index in [1.54, 1.807) is 0 Å². The molecule has 1 aromatic carbocycles. The molecule has 0 amide bonds. The molecule has 0 saturated carbocycles. The zero-order chi connectivity index (χ0) is 16.5. The van der Waals surface area contributed by atoms with Crippen LogP contribution in [0.3, 0.4) is 0 Å². The Morgan fingerprint density at radius 1 is 1.18 bits per heavy atom. The minimum absolute atomic E-state index is 0.0339. The first-order valence-corrected chi connectivity index (χ1v) is 6.94. The van der Waals surface area contributed by atoms with Crippen molar-refractivity contribution in [2.45, 2.75) is 24.6 Å². The Bertz CT molecular complexity index is 667. The standard InChI is InChI=1S/C14H11Cl2F3N2O/c1-8(10-3-2-9(15)6-11(10)16)13(22,14(17,18)19)12-7-20-4-5-21-12/h2-8,22H,1H3. The van der Waals surface area contributed by atoms with Crippen molar-refractivity contribution in [3.05, 3.63) is 58.1 Å². The molecule has 0 bridgehead atoms. The van der Waals surface area contributed by atoms with Gasteiger partial charge in [-0.15, -0.1) is 0 Å². The number of aromatic nitrogens is 2. The van der Waals surface area contributed by atoms with E-state index in [-0.39, 0.29) is 15.6 Å². The molecule has 0 saturated heterocycles. The van der Waals surface area contributed by atoms with Gasteiger partial charge in [0.25, 0.3) is 0 Å². The molecule has 22 heavy (non-hydrogen) atoms. The van der Waals surface area contributed by atoms with Gasteiger partial charge in [0.1, 0.15) is 5.69 Å². The highest BCUT2D eigenvalue weighted by Crippen LogP contribution is 2.49. The summed E-state index contributed by atoms with van der Waals surface area (Å²) in [5, 5.41) is 10.7. The highest BCUT2D eigenvalue weighted by atomic mass is 35.5. The second kappa shape index (κ2) is 6.02. The molecule has 0 aliphatic rings. The van der Waals surface area contributed by atoms with E-state index in [1.165, 1.54) is 31.3 Å². The van der Waals surface area contributed by atoms with E-state index in [0.29, 0.717) is 0 Å². The van der Waals surface area contributed by atoms with E-state index in [1.807, 2.05) is 0 Å². The molecule has 0 aliphatic heterocycles. The van der Waals surface area contributed by atoms with Crippen LogP contribution in [0.15, 0.2) is 36.8 Å². The van der Waals surface area contributed by atoms with Crippen molar-refractivity contribution in [3.8, 4) is 0 Å². The van der Waals surface area contributed by atoms with Crippen LogP contribution in [0.5, 0.6) is 0 Å². The predicted molar refractivity (Wildman–Crippen MR) is 76.9 cm³/mol. The molecule has 0 aliphatic carbocycles. The van der Waals surface area contributed by atoms with Gasteiger partial charge in [-0.3, -0.25) is 9.97 Å². The van der Waals surface area contributed by atoms with E-state index in [4.69, 9.17) is 23.2 Å². The Hall–Kier alpha value is -1.37. The predicted octanol–water partition coefficient (Wildman–Crippen LogP) is 4.34. The summed E-state index contributed by atoms with van der Waals surface area (Å²) in [5.41, 5.74) is -3.71. The van der Waals surface area contributed by atoms with Gasteiger partial charge in [0.15, 0.2) is 0 Å². The SMILES string of the molecule is CC(c1ccc(Cl)cc1Cl)C(O)(c1cnccn1)C(F)(F)F. The van der Waals surface area contributed by atoms with E-state index >= 15 is 0 Å². The zero-order valence-electron chi connectivity index (χ0n) is 11.3. The summed E-state index contributed by atoms with van der Waals surface area (Å²) in [6.07, 6.45) is -1.78. The molecule has 0 radical (unpaired) electrons. The van der Waals surface area contributed by atoms with Crippen LogP contribution in [0.25, 0.3) is 0 Å². The average molecular weight is 351 g/mol. The van der Waals surface area contributed by atoms with Gasteiger partial charge in [-0.2, -0.15) is 13.2 Å². The molecule has 0 spiro atoms. The fourth-order valence-corrected chi connectivity index (χ4v) is 2.76. The third-order valence-corrected chi connectivity index (χ3v) is 4.00. The molecule has 1 N–H and O–H groups in total. The Balaban J connectivity index is 2.60. The summed E-state index contributed by atoms with van der Waals surface area (Å²) >= 11 is 11.7. The molecule has 1 aromatic heterocycles. The lowest BCUT2D eigenvalue weighted by Crippen LogP contribution is -2.47. The van der Waals surface area contributed by atoms with Gasteiger partial charge < -0.3 is 5.11 Å². The van der Waals surface area contributed by atoms with Crippen molar-refractivity contribution in [1.29, 1.82) is 0 Å². The smallest absolute Gasteiger partial charge is 0.375 e. The van der Waals surface area contributed by atoms with Crippen LogP contribution in [0.1, 0.15) is 24.1 Å². The first kappa shape index (κ1) is 17.0. The summed E-state index contributed by atoms with van der Waals surface area (Å²) in [7, 11) is 0. The number of aliphatic hydroxyl groups is 1. The van der Waals surface area contributed by atoms with Gasteiger partial charge in [-0.1, -0.05) is 36.2 Å². The molecule has 2 unspecified atom stereocenters. The first-order valence-electron chi connectivity index (χ1n) is 6.18. The van der Waals surface area contributed by atoms with Gasteiger partial charge in [0.2, 0.25) is 5.60 Å². The average Bonchev–Trinajstić information content (AvgIpc) is 2.45. The van der Waals surface area contributed by atoms with Crippen LogP contribution in [-0.4, -0.2) is 21.3 Å². The Kier molecular flexibility index (Phi) is 4.65. The largest absolute Gasteiger partial charge is 0.423 e. The normalized spacial score (nSPS) is 16.1. The van der Waals surface area contributed by atoms with E-state index < -0.39 is 23.4 Å². The molecule has 2 atom stereocenters. The van der Waals surface area contributed by atoms with Gasteiger partial charge >= 0.3 is 6.18 Å². The lowest BCUT2D eigenvalue weighted by molar-refractivity contribution is -0.276. The lowest BCUT2D eigenvalue weighted by Gasteiger charge is -2.35. The summed E-state index contributed by atoms with van der Waals surface area (Å²) in [4.78, 5) is 7.21. The zero-order valence-corrected chi connectivity index (χ0v) is 12.8. The van der Waals surface area contributed by atoms with Crippen LogP contribution in [0.2, 0.25) is 10.0 Å². The molecular weight excluding hydrogens is 340 g/mol. The van der Waals surface area contributed by atoms with Crippen LogP contribution in [0.4, 0.5) is 13.2 Å². The Morgan fingerprint density at radius 3 is 2.36 bits per heavy atom. The summed E-state index contributed by atoms with van der Waals surface area (Å²) in [6, 6.07) is 4.08. The van der Waals surface area contributed by atoms with E-state index in [9.17, 15) is 18.3 Å². The van der Waals surface area contributed by atoms with Gasteiger partial charge in [0, 0.05) is 28.4 Å². The molecule has 118 valence electrons. The highest BCUT2D eigenvalue weighted by Gasteiger charge is 2.60. The van der Waals surface area contributed by atoms with Gasteiger partial charge in [0.05, 0.1) is 6.20 Å². The topological polar surface area (TPSA) is 46.0 Å². The lowest BCUT2D eigenvalue weighted by atomic mass is 9.80. The second-order valence-electron chi connectivity index (χ2n) is 4.74. The summed E-state index contributed by atoms with van der Waals surface area (Å²) in [5.74, 6) is -1.41. The first-order chi connectivity index (χ1) is 10.2. The minimum atomic E-state index is -4.97. The number of alkyl halides is 3. The van der Waals surface area contributed by atoms with Crippen LogP contribution in [0, 0.1) is 0 Å². The van der Waals surface area contributed by atoms with Gasteiger partial charge in [-0.25, -0.2) is 0 Å². The number of hydrogen-bond donors (Lipinski definition) is 1. The minimum Gasteiger partial charge on any atom is -0.375 e. The maximum Gasteiger partial charge on any atom is 0.423 e. The number of nitrogens with zero attached hydrogens (tertiary/aromatic N) is 2. The van der Waals surface area contributed by atoms with Crippen molar-refractivity contribution in [2.75, 3.05) is 0 Å². The van der Waals surface area contributed by atoms with Crippen molar-refractivity contribution in [3.63, 3.8) is 0 Å². The van der Waals surface area contributed by atoms with Crippen LogP contribution < -0.4 is 0 Å². The number of hydrogen-bond acceptors (Lipinski definition) is 3. The Labute approximate surface area is 134 Å². The third kappa shape index (κ3) is 2.91. The summed E-state index contributed by atoms with van der Waals surface area (Å²) < 4.78 is 40.7. The maximum absolute atomic E-state index is 13.6. The molecule has 1 heterocycles. The van der Waals surface area contributed by atoms with Gasteiger partial charge in [-0.05, 0) is 17.7 Å². The molecule has 3 nitrogen and oxygen atoms in total. The fourth-order valence-electron chi connectivity index (χ4n) is 2.19. The molecule has 0 fully saturated rings. The van der Waals surface area contributed by atoms with Crippen LogP contribution >= 0.6 is 23.2 Å². The summed E-state index contributed by atoms with van der Waals surface area (Å²) in [6.45, 7) is 1.22. The number of benzene rings is 1. The number of rotatable bonds is 3. The molecule has 8 heteroatoms. The van der Waals surface area contributed by atoms with Crippen LogP contribution in [-0.2, 0) is 5.60 Å². The van der Waals surface area contributed by atoms with E-state index in [0.717, 1.165) is 12.4 Å². The Morgan fingerprint density at radius 2 is 1.86 bits per heavy atom. The maximum atomic E-state index is 13.6. The molecular formula is C14H11Cl2F3N2O. The second-order valence-corrected chi connectivity index (χ2v) is 5.59. The molecule has 2 aromatic rings. The van der Waals surface area contributed by atoms with Crippen molar-refractivity contribution in [1.82, 2.24) is 9.97 Å². The highest BCUT2D eigenvalue weighted by molar-refractivity contribution is 6.35. The monoisotopic (exact) mass is 350 g/mol. The molecule has 2 rings (SSSR count). The fraction of sp³-hybridized carbons (Fsp3) is 0.286. The third-order valence-electron chi connectivity index (χ3n) is 3.44. The van der Waals surface area contributed by atoms with E-state index in [2.05, 4.69) is 9.97 Å². The quantitative estimate of drug-likeness (QED) is 0.895.